The first-order valence-corrected chi connectivity index (χ1v) is 7.85. The lowest BCUT2D eigenvalue weighted by Gasteiger charge is -2.19. The van der Waals surface area contributed by atoms with Crippen molar-refractivity contribution < 1.29 is 0 Å². The van der Waals surface area contributed by atoms with Crippen molar-refractivity contribution in [3.05, 3.63) is 35.4 Å². The molecule has 0 radical (unpaired) electrons. The van der Waals surface area contributed by atoms with E-state index in [1.165, 1.54) is 36.3 Å². The summed E-state index contributed by atoms with van der Waals surface area (Å²) in [7, 11) is 2.10. The Bertz CT molecular complexity index is 351. The van der Waals surface area contributed by atoms with Crippen LogP contribution in [0.25, 0.3) is 0 Å². The summed E-state index contributed by atoms with van der Waals surface area (Å²) in [5.74, 6) is 3.37. The van der Waals surface area contributed by atoms with Crippen LogP contribution in [0.3, 0.4) is 0 Å². The third kappa shape index (κ3) is 3.05. The van der Waals surface area contributed by atoms with Crippen LogP contribution >= 0.6 is 11.8 Å². The molecule has 0 spiro atoms. The molecule has 0 aromatic heterocycles. The third-order valence-corrected chi connectivity index (χ3v) is 4.71. The van der Waals surface area contributed by atoms with Crippen molar-refractivity contribution in [2.24, 2.45) is 5.92 Å². The second kappa shape index (κ2) is 6.46. The van der Waals surface area contributed by atoms with E-state index in [1.54, 1.807) is 5.56 Å². The molecular formula is C15H23NS. The Morgan fingerprint density at radius 3 is 2.94 bits per heavy atom. The van der Waals surface area contributed by atoms with Gasteiger partial charge in [0.2, 0.25) is 0 Å². The SMILES string of the molecule is CCSCCCC1Cc2ccccc2C1NC. The zero-order valence-electron chi connectivity index (χ0n) is 10.9. The maximum atomic E-state index is 3.50. The van der Waals surface area contributed by atoms with E-state index in [-0.39, 0.29) is 0 Å². The molecular weight excluding hydrogens is 226 g/mol. The van der Waals surface area contributed by atoms with Crippen LogP contribution in [0.2, 0.25) is 0 Å². The molecule has 1 aliphatic rings. The Kier molecular flexibility index (Phi) is 4.93. The van der Waals surface area contributed by atoms with E-state index in [2.05, 4.69) is 55.3 Å². The molecule has 17 heavy (non-hydrogen) atoms. The van der Waals surface area contributed by atoms with Crippen molar-refractivity contribution >= 4 is 11.8 Å². The van der Waals surface area contributed by atoms with E-state index in [9.17, 15) is 0 Å². The molecule has 94 valence electrons. The van der Waals surface area contributed by atoms with E-state index in [0.29, 0.717) is 6.04 Å². The summed E-state index contributed by atoms with van der Waals surface area (Å²) in [6.45, 7) is 2.24. The lowest BCUT2D eigenvalue weighted by atomic mass is 9.96. The Morgan fingerprint density at radius 2 is 2.18 bits per heavy atom. The fourth-order valence-electron chi connectivity index (χ4n) is 2.93. The average molecular weight is 249 g/mol. The molecule has 1 aliphatic carbocycles. The summed E-state index contributed by atoms with van der Waals surface area (Å²) in [5, 5.41) is 3.50. The number of rotatable bonds is 6. The Hall–Kier alpha value is -0.470. The van der Waals surface area contributed by atoms with Gasteiger partial charge in [0.15, 0.2) is 0 Å². The maximum absolute atomic E-state index is 3.50. The molecule has 0 saturated heterocycles. The summed E-state index contributed by atoms with van der Waals surface area (Å²) in [6.07, 6.45) is 3.97. The Labute approximate surface area is 109 Å². The van der Waals surface area contributed by atoms with E-state index < -0.39 is 0 Å². The fourth-order valence-corrected chi connectivity index (χ4v) is 3.59. The standard InChI is InChI=1S/C15H23NS/c1-3-17-10-6-8-13-11-12-7-4-5-9-14(12)15(13)16-2/h4-5,7,9,13,15-16H,3,6,8,10-11H2,1-2H3. The van der Waals surface area contributed by atoms with E-state index in [0.717, 1.165) is 5.92 Å². The van der Waals surface area contributed by atoms with Crippen LogP contribution < -0.4 is 5.32 Å². The van der Waals surface area contributed by atoms with Gasteiger partial charge in [-0.2, -0.15) is 11.8 Å². The normalized spacial score (nSPS) is 22.7. The smallest absolute Gasteiger partial charge is 0.0352 e. The summed E-state index contributed by atoms with van der Waals surface area (Å²) in [5.41, 5.74) is 3.09. The van der Waals surface area contributed by atoms with Gasteiger partial charge < -0.3 is 5.32 Å². The van der Waals surface area contributed by atoms with Crippen molar-refractivity contribution in [1.29, 1.82) is 0 Å². The summed E-state index contributed by atoms with van der Waals surface area (Å²) in [6, 6.07) is 9.50. The lowest BCUT2D eigenvalue weighted by Crippen LogP contribution is -2.21. The predicted molar refractivity (Wildman–Crippen MR) is 77.7 cm³/mol. The molecule has 0 bridgehead atoms. The van der Waals surface area contributed by atoms with Crippen molar-refractivity contribution in [2.45, 2.75) is 32.2 Å². The highest BCUT2D eigenvalue weighted by molar-refractivity contribution is 7.99. The number of fused-ring (bicyclic) bond motifs is 1. The summed E-state index contributed by atoms with van der Waals surface area (Å²) in [4.78, 5) is 0. The zero-order valence-corrected chi connectivity index (χ0v) is 11.7. The van der Waals surface area contributed by atoms with E-state index in [4.69, 9.17) is 0 Å². The van der Waals surface area contributed by atoms with Crippen LogP contribution in [0, 0.1) is 5.92 Å². The topological polar surface area (TPSA) is 12.0 Å². The monoisotopic (exact) mass is 249 g/mol. The predicted octanol–water partition coefficient (Wildman–Crippen LogP) is 3.65. The molecule has 0 amide bonds. The average Bonchev–Trinajstić information content (AvgIpc) is 2.72. The Balaban J connectivity index is 1.93. The molecule has 2 unspecified atom stereocenters. The van der Waals surface area contributed by atoms with Gasteiger partial charge in [0.05, 0.1) is 0 Å². The van der Waals surface area contributed by atoms with Crippen molar-refractivity contribution in [2.75, 3.05) is 18.6 Å². The van der Waals surface area contributed by atoms with Gasteiger partial charge in [-0.25, -0.2) is 0 Å². The lowest BCUT2D eigenvalue weighted by molar-refractivity contribution is 0.385. The van der Waals surface area contributed by atoms with Crippen molar-refractivity contribution in [1.82, 2.24) is 5.32 Å². The maximum Gasteiger partial charge on any atom is 0.0352 e. The van der Waals surface area contributed by atoms with Gasteiger partial charge in [-0.1, -0.05) is 31.2 Å². The van der Waals surface area contributed by atoms with Crippen LogP contribution in [0.5, 0.6) is 0 Å². The van der Waals surface area contributed by atoms with Crippen LogP contribution in [0.1, 0.15) is 36.9 Å². The van der Waals surface area contributed by atoms with Gasteiger partial charge in [0, 0.05) is 6.04 Å². The minimum atomic E-state index is 0.581. The van der Waals surface area contributed by atoms with Crippen LogP contribution in [0.15, 0.2) is 24.3 Å². The molecule has 1 nitrogen and oxygen atoms in total. The largest absolute Gasteiger partial charge is 0.313 e. The number of hydrogen-bond donors (Lipinski definition) is 1. The molecule has 1 aromatic carbocycles. The molecule has 2 rings (SSSR count). The number of thioether (sulfide) groups is 1. The molecule has 1 aromatic rings. The third-order valence-electron chi connectivity index (χ3n) is 3.72. The van der Waals surface area contributed by atoms with Gasteiger partial charge in [-0.15, -0.1) is 0 Å². The number of hydrogen-bond acceptors (Lipinski definition) is 2. The second-order valence-electron chi connectivity index (χ2n) is 4.77. The first kappa shape index (κ1) is 13.0. The number of benzene rings is 1. The number of nitrogens with one attached hydrogen (secondary N) is 1. The van der Waals surface area contributed by atoms with Crippen molar-refractivity contribution in [3.63, 3.8) is 0 Å². The quantitative estimate of drug-likeness (QED) is 0.772. The minimum Gasteiger partial charge on any atom is -0.313 e. The minimum absolute atomic E-state index is 0.581. The van der Waals surface area contributed by atoms with Crippen LogP contribution in [0.4, 0.5) is 0 Å². The van der Waals surface area contributed by atoms with Crippen molar-refractivity contribution in [3.8, 4) is 0 Å². The van der Waals surface area contributed by atoms with Crippen LogP contribution in [-0.2, 0) is 6.42 Å². The summed E-state index contributed by atoms with van der Waals surface area (Å²) < 4.78 is 0. The van der Waals surface area contributed by atoms with Gasteiger partial charge in [-0.3, -0.25) is 0 Å². The van der Waals surface area contributed by atoms with Crippen LogP contribution in [-0.4, -0.2) is 18.6 Å². The zero-order chi connectivity index (χ0) is 12.1. The van der Waals surface area contributed by atoms with E-state index in [1.807, 2.05) is 0 Å². The molecule has 0 fully saturated rings. The molecule has 0 heterocycles. The molecule has 2 atom stereocenters. The highest BCUT2D eigenvalue weighted by Crippen LogP contribution is 2.38. The highest BCUT2D eigenvalue weighted by atomic mass is 32.2. The molecule has 2 heteroatoms. The first-order chi connectivity index (χ1) is 8.36. The fraction of sp³-hybridized carbons (Fsp3) is 0.600. The molecule has 0 saturated carbocycles. The first-order valence-electron chi connectivity index (χ1n) is 6.69. The molecule has 0 aliphatic heterocycles. The van der Waals surface area contributed by atoms with Gasteiger partial charge in [0.25, 0.3) is 0 Å². The highest BCUT2D eigenvalue weighted by Gasteiger charge is 2.30. The van der Waals surface area contributed by atoms with Gasteiger partial charge in [-0.05, 0) is 54.9 Å². The van der Waals surface area contributed by atoms with E-state index >= 15 is 0 Å². The summed E-state index contributed by atoms with van der Waals surface area (Å²) >= 11 is 2.06. The van der Waals surface area contributed by atoms with Gasteiger partial charge in [0.1, 0.15) is 0 Å². The van der Waals surface area contributed by atoms with Gasteiger partial charge >= 0.3 is 0 Å². The molecule has 1 N–H and O–H groups in total. The second-order valence-corrected chi connectivity index (χ2v) is 6.16. The Morgan fingerprint density at radius 1 is 1.35 bits per heavy atom.